The van der Waals surface area contributed by atoms with Gasteiger partial charge in [-0.1, -0.05) is 29.8 Å². The first-order valence-corrected chi connectivity index (χ1v) is 10.8. The second kappa shape index (κ2) is 8.41. The van der Waals surface area contributed by atoms with Crippen molar-refractivity contribution in [2.45, 2.75) is 25.8 Å². The van der Waals surface area contributed by atoms with Gasteiger partial charge in [-0.3, -0.25) is 4.68 Å². The van der Waals surface area contributed by atoms with Gasteiger partial charge >= 0.3 is 5.97 Å². The van der Waals surface area contributed by atoms with Crippen molar-refractivity contribution in [1.29, 1.82) is 0 Å². The smallest absolute Gasteiger partial charge is 0.356 e. The third kappa shape index (κ3) is 4.44. The summed E-state index contributed by atoms with van der Waals surface area (Å²) in [6.07, 6.45) is 0. The molecule has 1 N–H and O–H groups in total. The Kier molecular flexibility index (Phi) is 6.09. The number of nitrogens with one attached hydrogen (secondary N) is 1. The van der Waals surface area contributed by atoms with Crippen LogP contribution < -0.4 is 4.72 Å². The van der Waals surface area contributed by atoms with E-state index in [2.05, 4.69) is 19.8 Å². The normalized spacial score (nSPS) is 11.4. The minimum absolute atomic E-state index is 0.000427. The maximum Gasteiger partial charge on any atom is 0.356 e. The Morgan fingerprint density at radius 2 is 1.87 bits per heavy atom. The van der Waals surface area contributed by atoms with Crippen LogP contribution >= 0.6 is 11.6 Å². The first-order chi connectivity index (χ1) is 14.1. The number of carbonyl (C=O) groups is 1. The van der Waals surface area contributed by atoms with Crippen LogP contribution in [0.25, 0.3) is 11.3 Å². The van der Waals surface area contributed by atoms with Gasteiger partial charge in [0, 0.05) is 24.7 Å². The van der Waals surface area contributed by atoms with E-state index in [1.165, 1.54) is 7.05 Å². The van der Waals surface area contributed by atoms with E-state index in [9.17, 15) is 13.2 Å². The van der Waals surface area contributed by atoms with Crippen molar-refractivity contribution < 1.29 is 17.9 Å². The standard InChI is InChI=1S/C19H20ClN5O4S/c1-5-29-18(26)14-10-16(23-25(14)4)30(27,28)24-19-21-13(9-15(20)22-19)17-11(2)7-6-8-12(17)3/h6-10H,5H2,1-4H3,(H,21,22,24). The van der Waals surface area contributed by atoms with Crippen molar-refractivity contribution in [3.63, 3.8) is 0 Å². The van der Waals surface area contributed by atoms with Gasteiger partial charge in [0.05, 0.1) is 12.3 Å². The number of hydrogen-bond donors (Lipinski definition) is 1. The molecule has 0 unspecified atom stereocenters. The van der Waals surface area contributed by atoms with Gasteiger partial charge < -0.3 is 4.74 Å². The number of benzene rings is 1. The van der Waals surface area contributed by atoms with Crippen LogP contribution in [0.4, 0.5) is 5.95 Å². The molecule has 30 heavy (non-hydrogen) atoms. The molecule has 0 radical (unpaired) electrons. The number of carbonyl (C=O) groups excluding carboxylic acids is 1. The van der Waals surface area contributed by atoms with E-state index in [4.69, 9.17) is 16.3 Å². The van der Waals surface area contributed by atoms with Crippen LogP contribution in [-0.4, -0.2) is 40.7 Å². The topological polar surface area (TPSA) is 116 Å². The summed E-state index contributed by atoms with van der Waals surface area (Å²) in [5.41, 5.74) is 3.24. The zero-order chi connectivity index (χ0) is 22.1. The fraction of sp³-hybridized carbons (Fsp3) is 0.263. The molecule has 0 atom stereocenters. The number of esters is 1. The lowest BCUT2D eigenvalue weighted by Gasteiger charge is -2.11. The number of nitrogens with zero attached hydrogens (tertiary/aromatic N) is 4. The number of hydrogen-bond acceptors (Lipinski definition) is 7. The van der Waals surface area contributed by atoms with Crippen LogP contribution in [-0.2, 0) is 21.8 Å². The highest BCUT2D eigenvalue weighted by atomic mass is 35.5. The fourth-order valence-electron chi connectivity index (χ4n) is 2.95. The number of sulfonamides is 1. The van der Waals surface area contributed by atoms with Gasteiger partial charge in [-0.05, 0) is 31.9 Å². The molecular weight excluding hydrogens is 430 g/mol. The second-order valence-corrected chi connectivity index (χ2v) is 8.50. The van der Waals surface area contributed by atoms with Gasteiger partial charge in [-0.25, -0.2) is 19.5 Å². The third-order valence-electron chi connectivity index (χ3n) is 4.28. The van der Waals surface area contributed by atoms with Crippen molar-refractivity contribution in [1.82, 2.24) is 19.7 Å². The average Bonchev–Trinajstić information content (AvgIpc) is 3.04. The van der Waals surface area contributed by atoms with Crippen molar-refractivity contribution in [2.75, 3.05) is 11.3 Å². The number of halogens is 1. The summed E-state index contributed by atoms with van der Waals surface area (Å²) < 4.78 is 33.9. The molecule has 158 valence electrons. The summed E-state index contributed by atoms with van der Waals surface area (Å²) in [4.78, 5) is 20.2. The number of aryl methyl sites for hydroxylation is 3. The molecule has 11 heteroatoms. The monoisotopic (exact) mass is 449 g/mol. The van der Waals surface area contributed by atoms with Gasteiger partial charge in [0.1, 0.15) is 10.8 Å². The first-order valence-electron chi connectivity index (χ1n) is 8.97. The Balaban J connectivity index is 1.98. The molecule has 0 fully saturated rings. The Morgan fingerprint density at radius 3 is 2.50 bits per heavy atom. The number of anilines is 1. The summed E-state index contributed by atoms with van der Waals surface area (Å²) in [6.45, 7) is 5.65. The van der Waals surface area contributed by atoms with E-state index in [-0.39, 0.29) is 28.4 Å². The van der Waals surface area contributed by atoms with Gasteiger partial charge in [0.15, 0.2) is 5.03 Å². The van der Waals surface area contributed by atoms with Crippen LogP contribution in [0.3, 0.4) is 0 Å². The van der Waals surface area contributed by atoms with E-state index in [1.54, 1.807) is 13.0 Å². The highest BCUT2D eigenvalue weighted by Crippen LogP contribution is 2.28. The number of rotatable bonds is 6. The molecule has 2 heterocycles. The number of ether oxygens (including phenoxy) is 1. The van der Waals surface area contributed by atoms with Crippen molar-refractivity contribution >= 4 is 33.5 Å². The molecule has 9 nitrogen and oxygen atoms in total. The summed E-state index contributed by atoms with van der Waals surface area (Å²) >= 11 is 6.12. The molecule has 0 spiro atoms. The molecule has 0 aliphatic heterocycles. The van der Waals surface area contributed by atoms with E-state index < -0.39 is 16.0 Å². The third-order valence-corrected chi connectivity index (χ3v) is 5.67. The maximum atomic E-state index is 12.8. The maximum absolute atomic E-state index is 12.8. The van der Waals surface area contributed by atoms with E-state index in [1.807, 2.05) is 32.0 Å². The largest absolute Gasteiger partial charge is 0.461 e. The molecule has 0 aliphatic rings. The second-order valence-electron chi connectivity index (χ2n) is 6.48. The molecular formula is C19H20ClN5O4S. The SMILES string of the molecule is CCOC(=O)c1cc(S(=O)(=O)Nc2nc(Cl)cc(-c3c(C)cccc3C)n2)nn1C. The van der Waals surface area contributed by atoms with E-state index in [0.717, 1.165) is 27.4 Å². The Bertz CT molecular complexity index is 1200. The summed E-state index contributed by atoms with van der Waals surface area (Å²) in [5, 5.41) is 3.60. The molecule has 3 rings (SSSR count). The first kappa shape index (κ1) is 21.7. The lowest BCUT2D eigenvalue weighted by molar-refractivity contribution is 0.0513. The molecule has 1 aromatic carbocycles. The lowest BCUT2D eigenvalue weighted by atomic mass is 10.00. The quantitative estimate of drug-likeness (QED) is 0.454. The predicted octanol–water partition coefficient (Wildman–Crippen LogP) is 3.12. The molecule has 2 aromatic heterocycles. The predicted molar refractivity (Wildman–Crippen MR) is 112 cm³/mol. The van der Waals surface area contributed by atoms with Gasteiger partial charge in [-0.2, -0.15) is 13.5 Å². The molecule has 3 aromatic rings. The van der Waals surface area contributed by atoms with E-state index >= 15 is 0 Å². The van der Waals surface area contributed by atoms with Crippen molar-refractivity contribution in [3.8, 4) is 11.3 Å². The van der Waals surface area contributed by atoms with Gasteiger partial charge in [0.25, 0.3) is 10.0 Å². The molecule has 0 saturated heterocycles. The average molecular weight is 450 g/mol. The van der Waals surface area contributed by atoms with Crippen LogP contribution in [0.1, 0.15) is 28.5 Å². The van der Waals surface area contributed by atoms with Crippen molar-refractivity contribution in [3.05, 3.63) is 52.3 Å². The minimum atomic E-state index is -4.17. The molecule has 0 aliphatic carbocycles. The van der Waals surface area contributed by atoms with Crippen LogP contribution in [0.15, 0.2) is 35.4 Å². The molecule has 0 saturated carbocycles. The Morgan fingerprint density at radius 1 is 1.20 bits per heavy atom. The summed E-state index contributed by atoms with van der Waals surface area (Å²) in [7, 11) is -2.73. The van der Waals surface area contributed by atoms with Crippen LogP contribution in [0, 0.1) is 13.8 Å². The number of aromatic nitrogens is 4. The molecule has 0 bridgehead atoms. The van der Waals surface area contributed by atoms with Crippen LogP contribution in [0.2, 0.25) is 5.15 Å². The summed E-state index contributed by atoms with van der Waals surface area (Å²) in [6, 6.07) is 8.45. The zero-order valence-corrected chi connectivity index (χ0v) is 18.4. The lowest BCUT2D eigenvalue weighted by Crippen LogP contribution is -2.16. The highest BCUT2D eigenvalue weighted by Gasteiger charge is 2.24. The zero-order valence-electron chi connectivity index (χ0n) is 16.8. The van der Waals surface area contributed by atoms with Gasteiger partial charge in [0.2, 0.25) is 5.95 Å². The van der Waals surface area contributed by atoms with Crippen LogP contribution in [0.5, 0.6) is 0 Å². The Labute approximate surface area is 179 Å². The highest BCUT2D eigenvalue weighted by molar-refractivity contribution is 7.92. The van der Waals surface area contributed by atoms with Crippen molar-refractivity contribution in [2.24, 2.45) is 7.05 Å². The Hall–Kier alpha value is -2.98. The van der Waals surface area contributed by atoms with E-state index in [0.29, 0.717) is 5.69 Å². The summed E-state index contributed by atoms with van der Waals surface area (Å²) in [5.74, 6) is -0.881. The van der Waals surface area contributed by atoms with Gasteiger partial charge in [-0.15, -0.1) is 0 Å². The fourth-order valence-corrected chi connectivity index (χ4v) is 4.07. The molecule has 0 amide bonds. The minimum Gasteiger partial charge on any atom is -0.461 e.